The number of halogens is 2. The van der Waals surface area contributed by atoms with Gasteiger partial charge < -0.3 is 5.73 Å². The molecule has 2 N–H and O–H groups in total. The average molecular weight is 408 g/mol. The zero-order valence-electron chi connectivity index (χ0n) is 15.4. The molecule has 2 aromatic carbocycles. The van der Waals surface area contributed by atoms with E-state index in [1.54, 1.807) is 0 Å². The van der Waals surface area contributed by atoms with Crippen LogP contribution in [0, 0.1) is 0 Å². The number of nitrogens with two attached hydrogens (primary N) is 1. The van der Waals surface area contributed by atoms with Gasteiger partial charge >= 0.3 is 0 Å². The number of hydrogen-bond donors (Lipinski definition) is 1. The number of benzene rings is 2. The predicted octanol–water partition coefficient (Wildman–Crippen LogP) is 6.73. The van der Waals surface area contributed by atoms with Gasteiger partial charge in [-0.3, -0.25) is 0 Å². The van der Waals surface area contributed by atoms with Crippen LogP contribution in [0.4, 0.5) is 5.82 Å². The van der Waals surface area contributed by atoms with Crippen molar-refractivity contribution in [3.63, 3.8) is 0 Å². The molecule has 0 unspecified atom stereocenters. The van der Waals surface area contributed by atoms with Gasteiger partial charge in [0.15, 0.2) is 0 Å². The molecule has 1 aromatic heterocycles. The summed E-state index contributed by atoms with van der Waals surface area (Å²) in [6.45, 7) is 2.15. The molecule has 3 nitrogen and oxygen atoms in total. The highest BCUT2D eigenvalue weighted by Crippen LogP contribution is 2.41. The number of anilines is 1. The fourth-order valence-corrected chi connectivity index (χ4v) is 3.95. The predicted molar refractivity (Wildman–Crippen MR) is 119 cm³/mol. The Labute approximate surface area is 174 Å². The summed E-state index contributed by atoms with van der Waals surface area (Å²) in [7, 11) is 0. The Morgan fingerprint density at radius 1 is 1.07 bits per heavy atom. The zero-order chi connectivity index (χ0) is 19.7. The van der Waals surface area contributed by atoms with Gasteiger partial charge in [-0.05, 0) is 54.7 Å². The number of nitrogens with zero attached hydrogens (tertiary/aromatic N) is 2. The normalized spacial score (nSPS) is 14.8. The fourth-order valence-electron chi connectivity index (χ4n) is 3.56. The first kappa shape index (κ1) is 18.7. The van der Waals surface area contributed by atoms with E-state index in [2.05, 4.69) is 41.2 Å². The van der Waals surface area contributed by atoms with Crippen LogP contribution < -0.4 is 5.73 Å². The molecule has 28 heavy (non-hydrogen) atoms. The first-order valence-corrected chi connectivity index (χ1v) is 9.84. The van der Waals surface area contributed by atoms with Crippen LogP contribution in [0.25, 0.3) is 22.0 Å². The maximum absolute atomic E-state index is 6.61. The summed E-state index contributed by atoms with van der Waals surface area (Å²) in [5, 5.41) is 1.95. The van der Waals surface area contributed by atoms with Gasteiger partial charge in [-0.25, -0.2) is 9.97 Å². The van der Waals surface area contributed by atoms with Crippen molar-refractivity contribution in [2.75, 3.05) is 5.73 Å². The molecular weight excluding hydrogens is 389 g/mol. The first-order chi connectivity index (χ1) is 13.6. The minimum Gasteiger partial charge on any atom is -0.383 e. The summed E-state index contributed by atoms with van der Waals surface area (Å²) in [6.07, 6.45) is 9.81. The molecule has 0 bridgehead atoms. The van der Waals surface area contributed by atoms with Gasteiger partial charge in [-0.2, -0.15) is 0 Å². The molecule has 4 rings (SSSR count). The van der Waals surface area contributed by atoms with Gasteiger partial charge in [-0.15, -0.1) is 0 Å². The average Bonchev–Trinajstić information content (AvgIpc) is 2.68. The lowest BCUT2D eigenvalue weighted by Crippen LogP contribution is -1.99. The van der Waals surface area contributed by atoms with Gasteiger partial charge in [0, 0.05) is 10.9 Å². The number of hydrogen-bond acceptors (Lipinski definition) is 3. The van der Waals surface area contributed by atoms with Crippen LogP contribution in [-0.4, -0.2) is 9.97 Å². The number of nitrogen functional groups attached to an aromatic ring is 1. The maximum Gasteiger partial charge on any atom is 0.134 e. The highest BCUT2D eigenvalue weighted by Gasteiger charge is 2.19. The molecule has 0 spiro atoms. The second-order valence-electron chi connectivity index (χ2n) is 6.79. The Balaban J connectivity index is 1.97. The van der Waals surface area contributed by atoms with Crippen molar-refractivity contribution in [1.29, 1.82) is 0 Å². The molecule has 0 saturated carbocycles. The maximum atomic E-state index is 6.61. The van der Waals surface area contributed by atoms with Crippen molar-refractivity contribution in [3.05, 3.63) is 87.7 Å². The molecule has 0 radical (unpaired) electrons. The van der Waals surface area contributed by atoms with E-state index in [9.17, 15) is 0 Å². The van der Waals surface area contributed by atoms with Crippen LogP contribution in [0.1, 0.15) is 30.9 Å². The smallest absolute Gasteiger partial charge is 0.134 e. The third-order valence-corrected chi connectivity index (χ3v) is 5.80. The Bertz CT molecular complexity index is 1160. The summed E-state index contributed by atoms with van der Waals surface area (Å²) >= 11 is 12.9. The lowest BCUT2D eigenvalue weighted by molar-refractivity contribution is 0.980. The van der Waals surface area contributed by atoms with Crippen molar-refractivity contribution >= 4 is 51.1 Å². The number of aromatic nitrogens is 2. The van der Waals surface area contributed by atoms with Gasteiger partial charge in [0.05, 0.1) is 15.6 Å². The standard InChI is InChI=1S/C23H19Cl2N3/c1-14-6-3-2-4-7-16(21(14)17-8-5-9-19(24)22(17)25)15-10-11-20-18(12-15)23(26)28-13-27-20/h2,4-5,7-13H,3,6H2,1H3,(H2,26,27,28). The Hall–Kier alpha value is -2.62. The van der Waals surface area contributed by atoms with Crippen LogP contribution in [0.15, 0.2) is 66.5 Å². The number of fused-ring (bicyclic) bond motifs is 1. The van der Waals surface area contributed by atoms with Crippen LogP contribution in [0.3, 0.4) is 0 Å². The van der Waals surface area contributed by atoms with Crippen LogP contribution in [-0.2, 0) is 0 Å². The van der Waals surface area contributed by atoms with Crippen molar-refractivity contribution in [3.8, 4) is 0 Å². The fraction of sp³-hybridized carbons (Fsp3) is 0.130. The Morgan fingerprint density at radius 3 is 2.79 bits per heavy atom. The summed E-state index contributed by atoms with van der Waals surface area (Å²) in [4.78, 5) is 8.43. The summed E-state index contributed by atoms with van der Waals surface area (Å²) in [5.74, 6) is 0.469. The Kier molecular flexibility index (Phi) is 5.21. The van der Waals surface area contributed by atoms with E-state index in [1.807, 2.05) is 30.3 Å². The molecule has 1 aliphatic rings. The highest BCUT2D eigenvalue weighted by atomic mass is 35.5. The summed E-state index contributed by atoms with van der Waals surface area (Å²) in [5.41, 5.74) is 12.3. The summed E-state index contributed by atoms with van der Waals surface area (Å²) in [6, 6.07) is 11.8. The highest BCUT2D eigenvalue weighted by molar-refractivity contribution is 6.43. The van der Waals surface area contributed by atoms with Crippen molar-refractivity contribution in [2.24, 2.45) is 0 Å². The molecule has 0 saturated heterocycles. The molecular formula is C23H19Cl2N3. The molecule has 1 aliphatic carbocycles. The van der Waals surface area contributed by atoms with Gasteiger partial charge in [0.1, 0.15) is 12.1 Å². The molecule has 5 heteroatoms. The van der Waals surface area contributed by atoms with E-state index in [0.29, 0.717) is 15.9 Å². The van der Waals surface area contributed by atoms with Gasteiger partial charge in [-0.1, -0.05) is 65.2 Å². The lowest BCUT2D eigenvalue weighted by Gasteiger charge is -2.20. The van der Waals surface area contributed by atoms with E-state index in [4.69, 9.17) is 28.9 Å². The van der Waals surface area contributed by atoms with E-state index in [0.717, 1.165) is 46.0 Å². The minimum atomic E-state index is 0.469. The second kappa shape index (κ2) is 7.78. The van der Waals surface area contributed by atoms with E-state index in [-0.39, 0.29) is 0 Å². The SMILES string of the molecule is CC1=C(c2cccc(Cl)c2Cl)C(c2ccc3ncnc(N)c3c2)=CC=CCC1. The quantitative estimate of drug-likeness (QED) is 0.512. The topological polar surface area (TPSA) is 51.8 Å². The van der Waals surface area contributed by atoms with Crippen LogP contribution in [0.2, 0.25) is 10.0 Å². The lowest BCUT2D eigenvalue weighted by atomic mass is 9.86. The van der Waals surface area contributed by atoms with Gasteiger partial charge in [0.25, 0.3) is 0 Å². The molecule has 0 aliphatic heterocycles. The van der Waals surface area contributed by atoms with Gasteiger partial charge in [0.2, 0.25) is 0 Å². The first-order valence-electron chi connectivity index (χ1n) is 9.08. The Morgan fingerprint density at radius 2 is 1.93 bits per heavy atom. The zero-order valence-corrected chi connectivity index (χ0v) is 16.9. The molecule has 1 heterocycles. The van der Waals surface area contributed by atoms with Crippen molar-refractivity contribution in [2.45, 2.75) is 19.8 Å². The van der Waals surface area contributed by atoms with E-state index < -0.39 is 0 Å². The van der Waals surface area contributed by atoms with E-state index in [1.165, 1.54) is 11.9 Å². The summed E-state index contributed by atoms with van der Waals surface area (Å²) < 4.78 is 0. The van der Waals surface area contributed by atoms with Crippen molar-refractivity contribution < 1.29 is 0 Å². The monoisotopic (exact) mass is 407 g/mol. The molecule has 3 aromatic rings. The minimum absolute atomic E-state index is 0.469. The van der Waals surface area contributed by atoms with E-state index >= 15 is 0 Å². The molecule has 0 atom stereocenters. The number of allylic oxidation sites excluding steroid dienone is 6. The molecule has 140 valence electrons. The van der Waals surface area contributed by atoms with Crippen LogP contribution >= 0.6 is 23.2 Å². The van der Waals surface area contributed by atoms with Crippen LogP contribution in [0.5, 0.6) is 0 Å². The third-order valence-electron chi connectivity index (χ3n) is 4.98. The number of rotatable bonds is 2. The second-order valence-corrected chi connectivity index (χ2v) is 7.58. The molecule has 0 amide bonds. The molecule has 0 fully saturated rings. The van der Waals surface area contributed by atoms with Crippen molar-refractivity contribution in [1.82, 2.24) is 9.97 Å². The largest absolute Gasteiger partial charge is 0.383 e. The third kappa shape index (κ3) is 3.44.